The third kappa shape index (κ3) is 3.90. The largest absolute Gasteiger partial charge is 0.357 e. The van der Waals surface area contributed by atoms with Gasteiger partial charge in [-0.1, -0.05) is 18.2 Å². The number of likely N-dealkylation sites (tertiary alicyclic amines) is 1. The van der Waals surface area contributed by atoms with Gasteiger partial charge in [0.2, 0.25) is 0 Å². The third-order valence-corrected chi connectivity index (χ3v) is 4.79. The van der Waals surface area contributed by atoms with E-state index in [1.165, 1.54) is 22.2 Å². The van der Waals surface area contributed by atoms with Gasteiger partial charge in [-0.3, -0.25) is 4.90 Å². The van der Waals surface area contributed by atoms with Crippen molar-refractivity contribution in [2.24, 2.45) is 5.92 Å². The lowest BCUT2D eigenvalue weighted by molar-refractivity contribution is 0.236. The first-order valence-corrected chi connectivity index (χ1v) is 8.86. The van der Waals surface area contributed by atoms with Gasteiger partial charge in [-0.15, -0.1) is 0 Å². The van der Waals surface area contributed by atoms with Crippen molar-refractivity contribution in [2.75, 3.05) is 19.6 Å². The van der Waals surface area contributed by atoms with Gasteiger partial charge in [0.05, 0.1) is 0 Å². The highest BCUT2D eigenvalue weighted by Crippen LogP contribution is 2.24. The van der Waals surface area contributed by atoms with Crippen LogP contribution in [0.3, 0.4) is 0 Å². The van der Waals surface area contributed by atoms with Crippen molar-refractivity contribution in [3.8, 4) is 0 Å². The van der Waals surface area contributed by atoms with Crippen LogP contribution in [0.25, 0.3) is 10.9 Å². The SMILES string of the molecule is Cc1c(CN2CCC(CNC(=O)NC(C)C)C2)[nH]c2ccccc12. The summed E-state index contributed by atoms with van der Waals surface area (Å²) in [5.74, 6) is 0.535. The van der Waals surface area contributed by atoms with Crippen LogP contribution in [0.15, 0.2) is 24.3 Å². The van der Waals surface area contributed by atoms with Crippen LogP contribution >= 0.6 is 0 Å². The molecule has 130 valence electrons. The summed E-state index contributed by atoms with van der Waals surface area (Å²) in [4.78, 5) is 17.7. The van der Waals surface area contributed by atoms with E-state index >= 15 is 0 Å². The van der Waals surface area contributed by atoms with Gasteiger partial charge in [0.1, 0.15) is 0 Å². The van der Waals surface area contributed by atoms with Crippen molar-refractivity contribution >= 4 is 16.9 Å². The van der Waals surface area contributed by atoms with Crippen LogP contribution in [0.4, 0.5) is 4.79 Å². The number of H-pyrrole nitrogens is 1. The molecule has 2 amide bonds. The molecule has 0 aliphatic carbocycles. The van der Waals surface area contributed by atoms with Crippen molar-refractivity contribution in [2.45, 2.75) is 39.8 Å². The number of aromatic amines is 1. The molecule has 0 spiro atoms. The highest BCUT2D eigenvalue weighted by molar-refractivity contribution is 5.84. The van der Waals surface area contributed by atoms with Gasteiger partial charge in [0.25, 0.3) is 0 Å². The van der Waals surface area contributed by atoms with Crippen LogP contribution in [-0.4, -0.2) is 41.6 Å². The van der Waals surface area contributed by atoms with E-state index in [1.807, 2.05) is 13.8 Å². The van der Waals surface area contributed by atoms with Gasteiger partial charge < -0.3 is 15.6 Å². The predicted octanol–water partition coefficient (Wildman–Crippen LogP) is 3.01. The van der Waals surface area contributed by atoms with Gasteiger partial charge >= 0.3 is 6.03 Å². The molecule has 1 aliphatic rings. The second kappa shape index (κ2) is 7.26. The summed E-state index contributed by atoms with van der Waals surface area (Å²) in [6.07, 6.45) is 1.14. The van der Waals surface area contributed by atoms with Crippen LogP contribution in [0.2, 0.25) is 0 Å². The maximum Gasteiger partial charge on any atom is 0.314 e. The minimum absolute atomic E-state index is 0.0603. The summed E-state index contributed by atoms with van der Waals surface area (Å²) in [5.41, 5.74) is 3.87. The van der Waals surface area contributed by atoms with E-state index in [0.29, 0.717) is 5.92 Å². The van der Waals surface area contributed by atoms with E-state index in [2.05, 4.69) is 51.7 Å². The van der Waals surface area contributed by atoms with E-state index in [4.69, 9.17) is 0 Å². The Hall–Kier alpha value is -2.01. The first kappa shape index (κ1) is 16.8. The zero-order chi connectivity index (χ0) is 17.1. The summed E-state index contributed by atoms with van der Waals surface area (Å²) in [6.45, 7) is 9.97. The molecule has 3 rings (SSSR count). The van der Waals surface area contributed by atoms with E-state index in [1.54, 1.807) is 0 Å². The molecule has 1 aliphatic heterocycles. The molecule has 1 saturated heterocycles. The fourth-order valence-corrected chi connectivity index (χ4v) is 3.49. The molecule has 5 nitrogen and oxygen atoms in total. The highest BCUT2D eigenvalue weighted by Gasteiger charge is 2.24. The number of urea groups is 1. The topological polar surface area (TPSA) is 60.2 Å². The number of carbonyl (C=O) groups excluding carboxylic acids is 1. The first-order valence-electron chi connectivity index (χ1n) is 8.86. The number of hydrogen-bond acceptors (Lipinski definition) is 2. The zero-order valence-corrected chi connectivity index (χ0v) is 14.9. The number of benzene rings is 1. The average Bonchev–Trinajstić information content (AvgIpc) is 3.11. The van der Waals surface area contributed by atoms with E-state index < -0.39 is 0 Å². The summed E-state index contributed by atoms with van der Waals surface area (Å²) < 4.78 is 0. The second-order valence-corrected chi connectivity index (χ2v) is 7.17. The molecular formula is C19H28N4O. The molecule has 24 heavy (non-hydrogen) atoms. The number of para-hydroxylation sites is 1. The van der Waals surface area contributed by atoms with Crippen LogP contribution < -0.4 is 10.6 Å². The van der Waals surface area contributed by atoms with E-state index in [-0.39, 0.29) is 12.1 Å². The van der Waals surface area contributed by atoms with Crippen LogP contribution in [0.5, 0.6) is 0 Å². The minimum Gasteiger partial charge on any atom is -0.357 e. The van der Waals surface area contributed by atoms with E-state index in [0.717, 1.165) is 32.6 Å². The Morgan fingerprint density at radius 3 is 2.92 bits per heavy atom. The Balaban J connectivity index is 1.52. The normalized spacial score (nSPS) is 18.4. The van der Waals surface area contributed by atoms with Crippen molar-refractivity contribution in [3.63, 3.8) is 0 Å². The first-order chi connectivity index (χ1) is 11.5. The van der Waals surface area contributed by atoms with Gasteiger partial charge in [0.15, 0.2) is 0 Å². The number of aromatic nitrogens is 1. The van der Waals surface area contributed by atoms with Crippen LogP contribution in [0.1, 0.15) is 31.5 Å². The number of amides is 2. The van der Waals surface area contributed by atoms with Crippen LogP contribution in [0, 0.1) is 12.8 Å². The number of nitrogens with zero attached hydrogens (tertiary/aromatic N) is 1. The minimum atomic E-state index is -0.0603. The lowest BCUT2D eigenvalue weighted by atomic mass is 10.1. The number of nitrogens with one attached hydrogen (secondary N) is 3. The number of fused-ring (bicyclic) bond motifs is 1. The molecule has 2 heterocycles. The molecule has 1 atom stereocenters. The van der Waals surface area contributed by atoms with Crippen molar-refractivity contribution in [3.05, 3.63) is 35.5 Å². The molecule has 1 fully saturated rings. The summed E-state index contributed by atoms with van der Waals surface area (Å²) >= 11 is 0. The maximum absolute atomic E-state index is 11.7. The Labute approximate surface area is 143 Å². The molecule has 0 saturated carbocycles. The monoisotopic (exact) mass is 328 g/mol. The van der Waals surface area contributed by atoms with Gasteiger partial charge in [-0.05, 0) is 51.3 Å². The highest BCUT2D eigenvalue weighted by atomic mass is 16.2. The summed E-state index contributed by atoms with van der Waals surface area (Å²) in [6, 6.07) is 8.59. The summed E-state index contributed by atoms with van der Waals surface area (Å²) in [7, 11) is 0. The molecule has 1 aromatic heterocycles. The quantitative estimate of drug-likeness (QED) is 0.790. The fraction of sp³-hybridized carbons (Fsp3) is 0.526. The second-order valence-electron chi connectivity index (χ2n) is 7.17. The predicted molar refractivity (Wildman–Crippen MR) is 98.1 cm³/mol. The Bertz CT molecular complexity index is 706. The lowest BCUT2D eigenvalue weighted by Crippen LogP contribution is -2.41. The number of hydrogen-bond donors (Lipinski definition) is 3. The van der Waals surface area contributed by atoms with Crippen LogP contribution in [-0.2, 0) is 6.54 Å². The molecule has 1 aromatic carbocycles. The van der Waals surface area contributed by atoms with Crippen molar-refractivity contribution in [1.82, 2.24) is 20.5 Å². The number of aryl methyl sites for hydroxylation is 1. The number of rotatable bonds is 5. The smallest absolute Gasteiger partial charge is 0.314 e. The Morgan fingerprint density at radius 2 is 2.17 bits per heavy atom. The number of carbonyl (C=O) groups is 1. The van der Waals surface area contributed by atoms with E-state index in [9.17, 15) is 4.79 Å². The summed E-state index contributed by atoms with van der Waals surface area (Å²) in [5, 5.41) is 7.18. The standard InChI is InChI=1S/C19H28N4O/c1-13(2)21-19(24)20-10-15-8-9-23(11-15)12-18-14(3)16-6-4-5-7-17(16)22-18/h4-7,13,15,22H,8-12H2,1-3H3,(H2,20,21,24). The van der Waals surface area contributed by atoms with Crippen molar-refractivity contribution in [1.29, 1.82) is 0 Å². The van der Waals surface area contributed by atoms with Gasteiger partial charge in [-0.2, -0.15) is 0 Å². The zero-order valence-electron chi connectivity index (χ0n) is 14.9. The molecule has 2 aromatic rings. The average molecular weight is 328 g/mol. The molecule has 5 heteroatoms. The Kier molecular flexibility index (Phi) is 5.09. The molecular weight excluding hydrogens is 300 g/mol. The Morgan fingerprint density at radius 1 is 1.38 bits per heavy atom. The molecule has 1 unspecified atom stereocenters. The maximum atomic E-state index is 11.7. The fourth-order valence-electron chi connectivity index (χ4n) is 3.49. The van der Waals surface area contributed by atoms with Gasteiger partial charge in [-0.25, -0.2) is 4.79 Å². The molecule has 0 radical (unpaired) electrons. The molecule has 3 N–H and O–H groups in total. The third-order valence-electron chi connectivity index (χ3n) is 4.79. The van der Waals surface area contributed by atoms with Gasteiger partial charge in [0, 0.05) is 42.3 Å². The van der Waals surface area contributed by atoms with Crippen molar-refractivity contribution < 1.29 is 4.79 Å². The molecule has 0 bridgehead atoms. The lowest BCUT2D eigenvalue weighted by Gasteiger charge is -2.17.